The average molecular weight is 474 g/mol. The third-order valence-electron chi connectivity index (χ3n) is 4.04. The molecule has 2 aromatic heterocycles. The van der Waals surface area contributed by atoms with Crippen LogP contribution in [0.3, 0.4) is 0 Å². The Labute approximate surface area is 173 Å². The zero-order valence-electron chi connectivity index (χ0n) is 16.3. The van der Waals surface area contributed by atoms with E-state index in [1.807, 2.05) is 28.8 Å². The predicted molar refractivity (Wildman–Crippen MR) is 116 cm³/mol. The molecule has 0 radical (unpaired) electrons. The molecule has 0 aliphatic rings. The van der Waals surface area contributed by atoms with Crippen LogP contribution in [0.4, 0.5) is 0 Å². The highest BCUT2D eigenvalue weighted by Gasteiger charge is 2.24. The lowest BCUT2D eigenvalue weighted by atomic mass is 9.89. The molecule has 0 amide bonds. The molecule has 0 aromatic carbocycles. The molecular weight excluding hydrogens is 443 g/mol. The average Bonchev–Trinajstić information content (AvgIpc) is 2.97. The molecule has 2 heterocycles. The minimum atomic E-state index is 0. The van der Waals surface area contributed by atoms with E-state index >= 15 is 0 Å². The van der Waals surface area contributed by atoms with Gasteiger partial charge in [-0.2, -0.15) is 0 Å². The molecule has 2 N–H and O–H groups in total. The van der Waals surface area contributed by atoms with Crippen LogP contribution in [0.5, 0.6) is 0 Å². The topological polar surface area (TPSA) is 75.8 Å². The first kappa shape index (κ1) is 22.6. The summed E-state index contributed by atoms with van der Waals surface area (Å²) in [6.07, 6.45) is 2.82. The number of aliphatic imine (C=N–C) groups is 1. The lowest BCUT2D eigenvalue weighted by Gasteiger charge is -2.28. The molecule has 0 fully saturated rings. The van der Waals surface area contributed by atoms with Crippen molar-refractivity contribution in [1.82, 2.24) is 25.2 Å². The van der Waals surface area contributed by atoms with Gasteiger partial charge in [-0.3, -0.25) is 9.39 Å². The Kier molecular flexibility index (Phi) is 9.28. The van der Waals surface area contributed by atoms with E-state index in [2.05, 4.69) is 53.5 Å². The predicted octanol–water partition coefficient (Wildman–Crippen LogP) is 2.51. The van der Waals surface area contributed by atoms with Crippen LogP contribution >= 0.6 is 24.0 Å². The number of nitrogens with zero attached hydrogens (tertiary/aromatic N) is 4. The second kappa shape index (κ2) is 10.7. The minimum Gasteiger partial charge on any atom is -0.379 e. The Balaban J connectivity index is 0.00000338. The monoisotopic (exact) mass is 474 g/mol. The Morgan fingerprint density at radius 3 is 2.69 bits per heavy atom. The van der Waals surface area contributed by atoms with Gasteiger partial charge in [0.2, 0.25) is 0 Å². The van der Waals surface area contributed by atoms with Crippen molar-refractivity contribution in [3.8, 4) is 0 Å². The standard InChI is InChI=1S/C18H30N6O.HI/c1-6-19-17(21-13-14(25-5)18(2,3)4)20-11-10-16-23-22-15-9-7-8-12-24(15)16;/h7-9,12,14H,6,10-11,13H2,1-5H3,(H2,19,20,21);1H. The fourth-order valence-corrected chi connectivity index (χ4v) is 2.57. The van der Waals surface area contributed by atoms with Crippen LogP contribution in [0.1, 0.15) is 33.5 Å². The van der Waals surface area contributed by atoms with E-state index in [1.54, 1.807) is 7.11 Å². The highest BCUT2D eigenvalue weighted by molar-refractivity contribution is 14.0. The third-order valence-corrected chi connectivity index (χ3v) is 4.04. The number of hydrogen-bond donors (Lipinski definition) is 2. The van der Waals surface area contributed by atoms with Gasteiger partial charge in [0.05, 0.1) is 12.6 Å². The second-order valence-corrected chi connectivity index (χ2v) is 7.03. The van der Waals surface area contributed by atoms with Gasteiger partial charge in [0, 0.05) is 32.8 Å². The van der Waals surface area contributed by atoms with E-state index < -0.39 is 0 Å². The van der Waals surface area contributed by atoms with E-state index in [0.717, 1.165) is 36.9 Å². The van der Waals surface area contributed by atoms with Crippen molar-refractivity contribution < 1.29 is 4.74 Å². The van der Waals surface area contributed by atoms with Crippen molar-refractivity contribution in [3.63, 3.8) is 0 Å². The third kappa shape index (κ3) is 6.39. The van der Waals surface area contributed by atoms with Crippen molar-refractivity contribution in [2.24, 2.45) is 10.4 Å². The molecule has 1 unspecified atom stereocenters. The molecule has 0 saturated heterocycles. The van der Waals surface area contributed by atoms with E-state index in [1.165, 1.54) is 0 Å². The van der Waals surface area contributed by atoms with Crippen LogP contribution < -0.4 is 10.6 Å². The molecule has 146 valence electrons. The Bertz CT molecular complexity index is 694. The molecule has 8 heteroatoms. The molecule has 2 aromatic rings. The van der Waals surface area contributed by atoms with Crippen molar-refractivity contribution in [2.75, 3.05) is 26.7 Å². The summed E-state index contributed by atoms with van der Waals surface area (Å²) >= 11 is 0. The van der Waals surface area contributed by atoms with Crippen molar-refractivity contribution in [3.05, 3.63) is 30.2 Å². The van der Waals surface area contributed by atoms with Gasteiger partial charge in [0.25, 0.3) is 0 Å². The molecule has 0 aliphatic heterocycles. The summed E-state index contributed by atoms with van der Waals surface area (Å²) in [5.41, 5.74) is 0.918. The number of fused-ring (bicyclic) bond motifs is 1. The van der Waals surface area contributed by atoms with Crippen LogP contribution in [-0.2, 0) is 11.2 Å². The number of aromatic nitrogens is 3. The molecule has 0 saturated carbocycles. The summed E-state index contributed by atoms with van der Waals surface area (Å²) in [5, 5.41) is 15.1. The highest BCUT2D eigenvalue weighted by Crippen LogP contribution is 2.21. The number of methoxy groups -OCH3 is 1. The maximum atomic E-state index is 5.57. The van der Waals surface area contributed by atoms with Gasteiger partial charge in [-0.1, -0.05) is 26.8 Å². The van der Waals surface area contributed by atoms with Gasteiger partial charge >= 0.3 is 0 Å². The second-order valence-electron chi connectivity index (χ2n) is 7.03. The van der Waals surface area contributed by atoms with Crippen molar-refractivity contribution >= 4 is 35.6 Å². The van der Waals surface area contributed by atoms with E-state index in [-0.39, 0.29) is 35.5 Å². The van der Waals surface area contributed by atoms with Gasteiger partial charge in [-0.05, 0) is 24.5 Å². The Morgan fingerprint density at radius 2 is 2.04 bits per heavy atom. The lowest BCUT2D eigenvalue weighted by molar-refractivity contribution is 0.0241. The first-order chi connectivity index (χ1) is 12.0. The molecule has 7 nitrogen and oxygen atoms in total. The fourth-order valence-electron chi connectivity index (χ4n) is 2.57. The maximum absolute atomic E-state index is 5.57. The molecular formula is C18H31IN6O. The van der Waals surface area contributed by atoms with Gasteiger partial charge in [-0.15, -0.1) is 34.2 Å². The first-order valence-corrected chi connectivity index (χ1v) is 8.79. The van der Waals surface area contributed by atoms with Crippen LogP contribution in [0.15, 0.2) is 29.4 Å². The minimum absolute atomic E-state index is 0. The van der Waals surface area contributed by atoms with Crippen LogP contribution in [0, 0.1) is 5.41 Å². The number of pyridine rings is 1. The van der Waals surface area contributed by atoms with Gasteiger partial charge in [0.15, 0.2) is 11.6 Å². The summed E-state index contributed by atoms with van der Waals surface area (Å²) < 4.78 is 7.58. The molecule has 1 atom stereocenters. The molecule has 0 spiro atoms. The van der Waals surface area contributed by atoms with Gasteiger partial charge < -0.3 is 15.4 Å². The fraction of sp³-hybridized carbons (Fsp3) is 0.611. The molecule has 0 bridgehead atoms. The normalized spacial score (nSPS) is 13.3. The van der Waals surface area contributed by atoms with Crippen molar-refractivity contribution in [2.45, 2.75) is 40.2 Å². The lowest BCUT2D eigenvalue weighted by Crippen LogP contribution is -2.40. The van der Waals surface area contributed by atoms with Crippen LogP contribution in [-0.4, -0.2) is 53.4 Å². The van der Waals surface area contributed by atoms with Gasteiger partial charge in [-0.25, -0.2) is 0 Å². The number of ether oxygens (including phenoxy) is 1. The smallest absolute Gasteiger partial charge is 0.191 e. The van der Waals surface area contributed by atoms with Crippen LogP contribution in [0.2, 0.25) is 0 Å². The summed E-state index contributed by atoms with van der Waals surface area (Å²) in [7, 11) is 1.74. The summed E-state index contributed by atoms with van der Waals surface area (Å²) in [6, 6.07) is 5.90. The maximum Gasteiger partial charge on any atom is 0.191 e. The Hall–Kier alpha value is -1.42. The summed E-state index contributed by atoms with van der Waals surface area (Å²) in [4.78, 5) is 4.66. The zero-order chi connectivity index (χ0) is 18.3. The molecule has 0 aliphatic carbocycles. The number of nitrogens with one attached hydrogen (secondary N) is 2. The number of guanidine groups is 1. The molecule has 26 heavy (non-hydrogen) atoms. The summed E-state index contributed by atoms with van der Waals surface area (Å²) in [5.74, 6) is 1.73. The zero-order valence-corrected chi connectivity index (χ0v) is 18.7. The quantitative estimate of drug-likeness (QED) is 0.367. The van der Waals surface area contributed by atoms with E-state index in [4.69, 9.17) is 4.74 Å². The number of halogens is 1. The van der Waals surface area contributed by atoms with Gasteiger partial charge in [0.1, 0.15) is 5.82 Å². The molecule has 2 rings (SSSR count). The van der Waals surface area contributed by atoms with Crippen LogP contribution in [0.25, 0.3) is 5.65 Å². The first-order valence-electron chi connectivity index (χ1n) is 8.79. The van der Waals surface area contributed by atoms with E-state index in [0.29, 0.717) is 6.54 Å². The SMILES string of the molecule is CCNC(=NCC(OC)C(C)(C)C)NCCc1nnc2ccccn12.I. The highest BCUT2D eigenvalue weighted by atomic mass is 127. The number of hydrogen-bond acceptors (Lipinski definition) is 4. The van der Waals surface area contributed by atoms with E-state index in [9.17, 15) is 0 Å². The largest absolute Gasteiger partial charge is 0.379 e. The summed E-state index contributed by atoms with van der Waals surface area (Å²) in [6.45, 7) is 10.7. The van der Waals surface area contributed by atoms with Crippen molar-refractivity contribution in [1.29, 1.82) is 0 Å². The number of rotatable bonds is 7. The Morgan fingerprint density at radius 1 is 1.27 bits per heavy atom.